The van der Waals surface area contributed by atoms with Crippen LogP contribution in [-0.4, -0.2) is 34.3 Å². The van der Waals surface area contributed by atoms with E-state index in [1.807, 2.05) is 6.92 Å². The van der Waals surface area contributed by atoms with Crippen LogP contribution in [0.2, 0.25) is 0 Å². The molecule has 1 amide bonds. The molecule has 0 spiro atoms. The lowest BCUT2D eigenvalue weighted by Gasteiger charge is -2.15. The van der Waals surface area contributed by atoms with Gasteiger partial charge < -0.3 is 15.2 Å². The van der Waals surface area contributed by atoms with Crippen molar-refractivity contribution in [2.24, 2.45) is 0 Å². The van der Waals surface area contributed by atoms with E-state index in [-0.39, 0.29) is 11.9 Å². The van der Waals surface area contributed by atoms with Gasteiger partial charge in [0, 0.05) is 13.0 Å². The first kappa shape index (κ1) is 13.0. The number of aryl methyl sites for hydroxylation is 1. The van der Waals surface area contributed by atoms with Crippen LogP contribution in [0.4, 0.5) is 0 Å². The largest absolute Gasteiger partial charge is 0.345 e. The molecule has 18 heavy (non-hydrogen) atoms. The molecule has 2 rings (SSSR count). The summed E-state index contributed by atoms with van der Waals surface area (Å²) in [6.07, 6.45) is 4.57. The van der Waals surface area contributed by atoms with Crippen LogP contribution in [0.1, 0.15) is 43.9 Å². The van der Waals surface area contributed by atoms with Crippen LogP contribution in [-0.2, 0) is 17.8 Å². The van der Waals surface area contributed by atoms with E-state index in [2.05, 4.69) is 25.4 Å². The molecule has 1 aromatic rings. The van der Waals surface area contributed by atoms with Crippen molar-refractivity contribution in [2.45, 2.75) is 45.2 Å². The number of nitrogens with zero attached hydrogens (tertiary/aromatic N) is 3. The van der Waals surface area contributed by atoms with Crippen LogP contribution in [0, 0.1) is 0 Å². The number of carbonyl (C=O) groups is 1. The van der Waals surface area contributed by atoms with Crippen LogP contribution < -0.4 is 10.6 Å². The molecule has 0 aliphatic carbocycles. The summed E-state index contributed by atoms with van der Waals surface area (Å²) in [6, 6.07) is -0.0924. The van der Waals surface area contributed by atoms with Gasteiger partial charge in [0.25, 0.3) is 0 Å². The number of fused-ring (bicyclic) bond motifs is 1. The van der Waals surface area contributed by atoms with Gasteiger partial charge in [0.05, 0.1) is 12.6 Å². The minimum Gasteiger partial charge on any atom is -0.345 e. The van der Waals surface area contributed by atoms with Crippen molar-refractivity contribution in [3.8, 4) is 0 Å². The van der Waals surface area contributed by atoms with E-state index in [9.17, 15) is 4.79 Å². The van der Waals surface area contributed by atoms with Gasteiger partial charge >= 0.3 is 0 Å². The van der Waals surface area contributed by atoms with E-state index in [1.165, 1.54) is 12.8 Å². The fraction of sp³-hybridized carbons (Fsp3) is 0.750. The Morgan fingerprint density at radius 3 is 3.00 bits per heavy atom. The van der Waals surface area contributed by atoms with Gasteiger partial charge in [-0.25, -0.2) is 0 Å². The van der Waals surface area contributed by atoms with Crippen molar-refractivity contribution in [3.63, 3.8) is 0 Å². The molecule has 0 radical (unpaired) electrons. The third kappa shape index (κ3) is 2.87. The second-order valence-electron chi connectivity index (χ2n) is 4.76. The topological polar surface area (TPSA) is 71.8 Å². The quantitative estimate of drug-likeness (QED) is 0.812. The molecule has 1 aromatic heterocycles. The van der Waals surface area contributed by atoms with Gasteiger partial charge in [-0.05, 0) is 26.8 Å². The minimum absolute atomic E-state index is 0.0176. The average molecular weight is 251 g/mol. The lowest BCUT2D eigenvalue weighted by atomic mass is 10.2. The standard InChI is InChI=1S/C12H21N5O/c1-9(14-11(18)8-13-2)12-16-15-10-6-4-3-5-7-17(10)12/h9,13H,3-8H2,1-2H3,(H,14,18). The Morgan fingerprint density at radius 1 is 1.39 bits per heavy atom. The van der Waals surface area contributed by atoms with Gasteiger partial charge in [-0.2, -0.15) is 0 Å². The Morgan fingerprint density at radius 2 is 2.22 bits per heavy atom. The predicted octanol–water partition coefficient (Wildman–Crippen LogP) is 0.401. The lowest BCUT2D eigenvalue weighted by Crippen LogP contribution is -2.35. The molecule has 6 nitrogen and oxygen atoms in total. The number of rotatable bonds is 4. The van der Waals surface area contributed by atoms with Gasteiger partial charge in [0.15, 0.2) is 5.82 Å². The molecule has 0 bridgehead atoms. The van der Waals surface area contributed by atoms with Gasteiger partial charge in [0.1, 0.15) is 5.82 Å². The van der Waals surface area contributed by atoms with Crippen LogP contribution >= 0.6 is 0 Å². The first-order valence-corrected chi connectivity index (χ1v) is 6.58. The number of carbonyl (C=O) groups excluding carboxylic acids is 1. The molecule has 0 saturated heterocycles. The highest BCUT2D eigenvalue weighted by atomic mass is 16.1. The summed E-state index contributed by atoms with van der Waals surface area (Å²) in [5.74, 6) is 1.91. The van der Waals surface area contributed by atoms with E-state index < -0.39 is 0 Å². The maximum atomic E-state index is 11.6. The first-order chi connectivity index (χ1) is 8.72. The highest BCUT2D eigenvalue weighted by Crippen LogP contribution is 2.18. The van der Waals surface area contributed by atoms with Crippen molar-refractivity contribution in [1.29, 1.82) is 0 Å². The van der Waals surface area contributed by atoms with Crippen molar-refractivity contribution in [1.82, 2.24) is 25.4 Å². The van der Waals surface area contributed by atoms with E-state index in [0.717, 1.165) is 31.0 Å². The summed E-state index contributed by atoms with van der Waals surface area (Å²) in [4.78, 5) is 11.6. The van der Waals surface area contributed by atoms with Crippen molar-refractivity contribution in [3.05, 3.63) is 11.6 Å². The molecule has 2 heterocycles. The predicted molar refractivity (Wildman–Crippen MR) is 68.1 cm³/mol. The molecule has 6 heteroatoms. The summed E-state index contributed by atoms with van der Waals surface area (Å²) in [7, 11) is 1.76. The van der Waals surface area contributed by atoms with Crippen LogP contribution in [0.5, 0.6) is 0 Å². The van der Waals surface area contributed by atoms with Gasteiger partial charge in [0.2, 0.25) is 5.91 Å². The molecule has 0 saturated carbocycles. The number of likely N-dealkylation sites (N-methyl/N-ethyl adjacent to an activating group) is 1. The molecule has 2 N–H and O–H groups in total. The summed E-state index contributed by atoms with van der Waals surface area (Å²) >= 11 is 0. The Hall–Kier alpha value is -1.43. The minimum atomic E-state index is -0.0924. The van der Waals surface area contributed by atoms with Gasteiger partial charge in [-0.1, -0.05) is 6.42 Å². The van der Waals surface area contributed by atoms with E-state index >= 15 is 0 Å². The van der Waals surface area contributed by atoms with Crippen LogP contribution in [0.25, 0.3) is 0 Å². The number of hydrogen-bond acceptors (Lipinski definition) is 4. The molecular weight excluding hydrogens is 230 g/mol. The SMILES string of the molecule is CNCC(=O)NC(C)c1nnc2n1CCCCC2. The molecule has 1 unspecified atom stereocenters. The van der Waals surface area contributed by atoms with Gasteiger partial charge in [-0.15, -0.1) is 10.2 Å². The molecule has 0 fully saturated rings. The van der Waals surface area contributed by atoms with E-state index in [0.29, 0.717) is 6.54 Å². The molecule has 1 aliphatic rings. The van der Waals surface area contributed by atoms with Crippen LogP contribution in [0.15, 0.2) is 0 Å². The summed E-state index contributed by atoms with van der Waals surface area (Å²) in [5.41, 5.74) is 0. The average Bonchev–Trinajstić information content (AvgIpc) is 2.59. The highest BCUT2D eigenvalue weighted by Gasteiger charge is 2.20. The normalized spacial score (nSPS) is 16.8. The van der Waals surface area contributed by atoms with Gasteiger partial charge in [-0.3, -0.25) is 4.79 Å². The molecule has 1 atom stereocenters. The maximum absolute atomic E-state index is 11.6. The smallest absolute Gasteiger partial charge is 0.234 e. The highest BCUT2D eigenvalue weighted by molar-refractivity contribution is 5.78. The maximum Gasteiger partial charge on any atom is 0.234 e. The summed E-state index contributed by atoms with van der Waals surface area (Å²) in [6.45, 7) is 3.24. The first-order valence-electron chi connectivity index (χ1n) is 6.58. The number of nitrogens with one attached hydrogen (secondary N) is 2. The third-order valence-electron chi connectivity index (χ3n) is 3.24. The second kappa shape index (κ2) is 5.95. The number of aromatic nitrogens is 3. The lowest BCUT2D eigenvalue weighted by molar-refractivity contribution is -0.120. The number of amides is 1. The molecule has 100 valence electrons. The summed E-state index contributed by atoms with van der Waals surface area (Å²) < 4.78 is 2.16. The van der Waals surface area contributed by atoms with Crippen molar-refractivity contribution < 1.29 is 4.79 Å². The molecular formula is C12H21N5O. The fourth-order valence-electron chi connectivity index (χ4n) is 2.35. The van der Waals surface area contributed by atoms with E-state index in [1.54, 1.807) is 7.05 Å². The Bertz CT molecular complexity index is 415. The zero-order valence-corrected chi connectivity index (χ0v) is 11.1. The zero-order chi connectivity index (χ0) is 13.0. The molecule has 1 aliphatic heterocycles. The monoisotopic (exact) mass is 251 g/mol. The Balaban J connectivity index is 2.08. The third-order valence-corrected chi connectivity index (χ3v) is 3.24. The van der Waals surface area contributed by atoms with Crippen molar-refractivity contribution >= 4 is 5.91 Å². The van der Waals surface area contributed by atoms with Crippen LogP contribution in [0.3, 0.4) is 0 Å². The summed E-state index contributed by atoms with van der Waals surface area (Å²) in [5, 5.41) is 14.2. The number of hydrogen-bond donors (Lipinski definition) is 2. The second-order valence-corrected chi connectivity index (χ2v) is 4.76. The Labute approximate surface area is 107 Å². The van der Waals surface area contributed by atoms with Crippen molar-refractivity contribution in [2.75, 3.05) is 13.6 Å². The molecule has 0 aromatic carbocycles. The Kier molecular flexibility index (Phi) is 4.30. The fourth-order valence-corrected chi connectivity index (χ4v) is 2.35. The van der Waals surface area contributed by atoms with E-state index in [4.69, 9.17) is 0 Å². The zero-order valence-electron chi connectivity index (χ0n) is 11.1.